The van der Waals surface area contributed by atoms with Gasteiger partial charge in [0.25, 0.3) is 6.71 Å². The van der Waals surface area contributed by atoms with E-state index in [-0.39, 0.29) is 6.71 Å². The Bertz CT molecular complexity index is 7710. The second-order valence-corrected chi connectivity index (χ2v) is 30.8. The first kappa shape index (κ1) is 62.6. The van der Waals surface area contributed by atoms with Gasteiger partial charge in [0.15, 0.2) is 0 Å². The lowest BCUT2D eigenvalue weighted by Gasteiger charge is -2.35. The fourth-order valence-electron chi connectivity index (χ4n) is 20.1. The van der Waals surface area contributed by atoms with Gasteiger partial charge in [-0.05, 0) is 220 Å². The zero-order chi connectivity index (χ0) is 73.7. The molecule has 2 aliphatic rings. The van der Waals surface area contributed by atoms with Crippen LogP contribution >= 0.6 is 0 Å². The van der Waals surface area contributed by atoms with Crippen molar-refractivity contribution in [3.8, 4) is 95.6 Å². The molecule has 2 aliphatic heterocycles. The summed E-state index contributed by atoms with van der Waals surface area (Å²) >= 11 is 0. The number of benzene rings is 17. The average Bonchev–Trinajstić information content (AvgIpc) is 1.44. The van der Waals surface area contributed by atoms with E-state index in [0.29, 0.717) is 0 Å². The van der Waals surface area contributed by atoms with Crippen molar-refractivity contribution in [1.29, 1.82) is 0 Å². The average molecular weight is 1430 g/mol. The molecular formula is C105H68BN5O. The molecule has 0 saturated heterocycles. The summed E-state index contributed by atoms with van der Waals surface area (Å²) in [6.07, 6.45) is 0. The number of para-hydroxylation sites is 6. The summed E-state index contributed by atoms with van der Waals surface area (Å²) in [6, 6.07) is 134. The summed E-state index contributed by atoms with van der Waals surface area (Å²) < 4.78 is 20.7. The van der Waals surface area contributed by atoms with Crippen molar-refractivity contribution in [2.24, 2.45) is 0 Å². The van der Waals surface area contributed by atoms with E-state index in [4.69, 9.17) is 4.74 Å². The first-order valence-electron chi connectivity index (χ1n) is 38.9. The van der Waals surface area contributed by atoms with Gasteiger partial charge in [-0.1, -0.05) is 242 Å². The van der Waals surface area contributed by atoms with Gasteiger partial charge in [-0.25, -0.2) is 0 Å². The van der Waals surface area contributed by atoms with Gasteiger partial charge in [0.2, 0.25) is 0 Å². The van der Waals surface area contributed by atoms with Gasteiger partial charge in [0.05, 0.1) is 49.7 Å². The van der Waals surface area contributed by atoms with Crippen molar-refractivity contribution in [1.82, 2.24) is 22.8 Å². The number of fused-ring (bicyclic) bond motifs is 19. The quantitative estimate of drug-likeness (QED) is 0.133. The number of aromatic nitrogens is 5. The van der Waals surface area contributed by atoms with E-state index in [9.17, 15) is 0 Å². The molecule has 6 nitrogen and oxygen atoms in total. The van der Waals surface area contributed by atoms with Crippen LogP contribution in [0.3, 0.4) is 0 Å². The molecule has 0 unspecified atom stereocenters. The largest absolute Gasteiger partial charge is 0.458 e. The topological polar surface area (TPSA) is 33.9 Å². The molecule has 0 amide bonds. The number of rotatable bonds is 9. The maximum Gasteiger partial charge on any atom is 0.256 e. The predicted octanol–water partition coefficient (Wildman–Crippen LogP) is 25.4. The first-order chi connectivity index (χ1) is 55.3. The number of aryl methyl sites for hydroxylation is 3. The van der Waals surface area contributed by atoms with Crippen LogP contribution in [0.5, 0.6) is 11.5 Å². The Balaban J connectivity index is 0.820. The van der Waals surface area contributed by atoms with Crippen LogP contribution in [-0.4, -0.2) is 29.5 Å². The Labute approximate surface area is 646 Å². The van der Waals surface area contributed by atoms with Crippen molar-refractivity contribution in [2.45, 2.75) is 20.8 Å². The highest BCUT2D eigenvalue weighted by molar-refractivity contribution is 6.99. The smallest absolute Gasteiger partial charge is 0.256 e. The van der Waals surface area contributed by atoms with E-state index in [1.54, 1.807) is 0 Å². The van der Waals surface area contributed by atoms with Gasteiger partial charge in [0.1, 0.15) is 11.5 Å². The minimum Gasteiger partial charge on any atom is -0.458 e. The molecule has 0 fully saturated rings. The minimum atomic E-state index is -0.329. The molecule has 22 aromatic rings. The molecule has 0 saturated carbocycles. The summed E-state index contributed by atoms with van der Waals surface area (Å²) in [6.45, 7) is 6.42. The third-order valence-corrected chi connectivity index (χ3v) is 24.6. The van der Waals surface area contributed by atoms with Crippen molar-refractivity contribution in [3.63, 3.8) is 0 Å². The van der Waals surface area contributed by atoms with Crippen LogP contribution in [0.2, 0.25) is 0 Å². The van der Waals surface area contributed by atoms with E-state index in [1.165, 1.54) is 109 Å². The molecule has 7 heterocycles. The fraction of sp³-hybridized carbons (Fsp3) is 0.0286. The van der Waals surface area contributed by atoms with Gasteiger partial charge in [-0.2, -0.15) is 0 Å². The molecule has 5 aromatic heterocycles. The van der Waals surface area contributed by atoms with Gasteiger partial charge in [0, 0.05) is 93.4 Å². The molecule has 0 bridgehead atoms. The third-order valence-electron chi connectivity index (χ3n) is 24.6. The highest BCUT2D eigenvalue weighted by Gasteiger charge is 2.43. The molecule has 17 aromatic carbocycles. The molecule has 7 heteroatoms. The van der Waals surface area contributed by atoms with Crippen LogP contribution in [-0.2, 0) is 0 Å². The van der Waals surface area contributed by atoms with Crippen LogP contribution in [0.1, 0.15) is 16.7 Å². The van der Waals surface area contributed by atoms with Crippen molar-refractivity contribution < 1.29 is 4.74 Å². The zero-order valence-electron chi connectivity index (χ0n) is 61.8. The summed E-state index contributed by atoms with van der Waals surface area (Å²) in [5, 5.41) is 12.1. The summed E-state index contributed by atoms with van der Waals surface area (Å²) in [4.78, 5) is 0. The Hall–Kier alpha value is -14.4. The Morgan fingerprint density at radius 1 is 0.241 bits per heavy atom. The van der Waals surface area contributed by atoms with Gasteiger partial charge in [-0.15, -0.1) is 0 Å². The van der Waals surface area contributed by atoms with Crippen molar-refractivity contribution in [3.05, 3.63) is 375 Å². The van der Waals surface area contributed by atoms with Gasteiger partial charge in [-0.3, -0.25) is 0 Å². The van der Waals surface area contributed by atoms with E-state index in [0.717, 1.165) is 128 Å². The molecule has 0 aliphatic carbocycles. The van der Waals surface area contributed by atoms with E-state index in [2.05, 4.69) is 402 Å². The zero-order valence-corrected chi connectivity index (χ0v) is 61.8. The minimum absolute atomic E-state index is 0.329. The molecule has 0 spiro atoms. The molecule has 24 rings (SSSR count). The normalized spacial score (nSPS) is 12.5. The monoisotopic (exact) mass is 1430 g/mol. The van der Waals surface area contributed by atoms with Crippen LogP contribution < -0.4 is 21.1 Å². The summed E-state index contributed by atoms with van der Waals surface area (Å²) in [7, 11) is 0. The molecule has 0 radical (unpaired) electrons. The van der Waals surface area contributed by atoms with Crippen molar-refractivity contribution in [2.75, 3.05) is 0 Å². The van der Waals surface area contributed by atoms with Crippen LogP contribution in [0, 0.1) is 20.8 Å². The number of hydrogen-bond donors (Lipinski definition) is 0. The highest BCUT2D eigenvalue weighted by atomic mass is 16.5. The molecule has 112 heavy (non-hydrogen) atoms. The second kappa shape index (κ2) is 23.8. The third kappa shape index (κ3) is 8.98. The summed E-state index contributed by atoms with van der Waals surface area (Å²) in [5.74, 6) is 1.71. The van der Waals surface area contributed by atoms with Crippen LogP contribution in [0.4, 0.5) is 0 Å². The Morgan fingerprint density at radius 3 is 1.08 bits per heavy atom. The fourth-order valence-corrected chi connectivity index (χ4v) is 20.1. The van der Waals surface area contributed by atoms with E-state index >= 15 is 0 Å². The van der Waals surface area contributed by atoms with E-state index in [1.807, 2.05) is 0 Å². The predicted molar refractivity (Wildman–Crippen MR) is 471 cm³/mol. The standard InChI is InChI=1S/C105H68BN5O/c1-63-52-64(2)102(65(3)53-63)69-56-100-103-101(57-69)112-105-88(77-33-13-12-31-75(77)67-28-8-5-9-29-67)54-68(76-32-11-10-30-74(76)66-26-6-4-7-27-66)55-90(105)106(103)89-62-73(110-96-45-25-19-39-83(96)85-59-71(47-50-98(85)110)108-93-42-22-16-36-80(93)81-37-17-23-43-94(81)108)61-87-86-60-72(48-51-99(86)111(100)104(87)89)109-95-44-24-18-38-82(95)84-58-70(46-49-97(84)109)107-91-40-20-14-34-78(91)79-35-15-21-41-92(79)107/h4-62H,1-3H3. The van der Waals surface area contributed by atoms with Crippen molar-refractivity contribution >= 4 is 132 Å². The van der Waals surface area contributed by atoms with Crippen LogP contribution in [0.25, 0.3) is 193 Å². The Kier molecular flexibility index (Phi) is 13.3. The lowest BCUT2D eigenvalue weighted by molar-refractivity contribution is 0.489. The molecular weight excluding hydrogens is 1360 g/mol. The maximum atomic E-state index is 8.08. The molecule has 522 valence electrons. The maximum absolute atomic E-state index is 8.08. The number of nitrogens with zero attached hydrogens (tertiary/aromatic N) is 5. The molecule has 0 atom stereocenters. The molecule has 0 N–H and O–H groups in total. The Morgan fingerprint density at radius 2 is 0.607 bits per heavy atom. The highest BCUT2D eigenvalue weighted by Crippen LogP contribution is 2.50. The second-order valence-electron chi connectivity index (χ2n) is 30.8. The van der Waals surface area contributed by atoms with Gasteiger partial charge >= 0.3 is 0 Å². The van der Waals surface area contributed by atoms with Gasteiger partial charge < -0.3 is 27.6 Å². The lowest BCUT2D eigenvalue weighted by atomic mass is 9.34. The van der Waals surface area contributed by atoms with E-state index < -0.39 is 0 Å². The summed E-state index contributed by atoms with van der Waals surface area (Å²) in [5.41, 5.74) is 35.6. The number of hydrogen-bond acceptors (Lipinski definition) is 1. The SMILES string of the molecule is Cc1cc(C)c(-c2cc3c4c(c2)-n2c5ccc(-n6c7ccccc7c7cc(-n8c9ccccc9c9ccccc98)ccc76)cc5c5cc(-n6c7ccccc7c7cc(-n8c9ccccc9c9ccccc98)ccc76)cc(c52)B4c2cc(-c4ccccc4-c4ccccc4)cc(-c4ccccc4-c4ccccc4)c2O3)c(C)c1. The lowest BCUT2D eigenvalue weighted by Crippen LogP contribution is -2.58. The first-order valence-corrected chi connectivity index (χ1v) is 38.9. The number of ether oxygens (including phenoxy) is 1. The van der Waals surface area contributed by atoms with Crippen LogP contribution in [0.15, 0.2) is 358 Å².